The van der Waals surface area contributed by atoms with Crippen LogP contribution in [0.4, 0.5) is 4.79 Å². The summed E-state index contributed by atoms with van der Waals surface area (Å²) in [6.07, 6.45) is 7.03. The molecule has 0 spiro atoms. The van der Waals surface area contributed by atoms with Crippen LogP contribution in [0.2, 0.25) is 0 Å². The van der Waals surface area contributed by atoms with Crippen LogP contribution in [0.15, 0.2) is 42.5 Å². The standard InChI is InChI=1S/C29H37NO4/c1-4-6-18-32-27-23-13-8-9-14-24(23)28(33-19-7-5-2)26-20-22(15-16-25(26)27)34-29(31)30-17-11-10-12-21(30)3/h8-9,13-16,20-21H,4-7,10-12,17-19H2,1-3H3. The first-order valence-corrected chi connectivity index (χ1v) is 12.9. The van der Waals surface area contributed by atoms with E-state index in [0.717, 1.165) is 84.5 Å². The van der Waals surface area contributed by atoms with E-state index in [4.69, 9.17) is 14.2 Å². The molecule has 1 aliphatic rings. The van der Waals surface area contributed by atoms with E-state index in [1.165, 1.54) is 0 Å². The monoisotopic (exact) mass is 463 g/mol. The van der Waals surface area contributed by atoms with Gasteiger partial charge in [0.1, 0.15) is 17.2 Å². The van der Waals surface area contributed by atoms with Crippen LogP contribution < -0.4 is 14.2 Å². The van der Waals surface area contributed by atoms with Gasteiger partial charge in [-0.05, 0) is 57.2 Å². The van der Waals surface area contributed by atoms with Crippen LogP contribution in [0.5, 0.6) is 17.2 Å². The predicted octanol–water partition coefficient (Wildman–Crippen LogP) is 7.72. The lowest BCUT2D eigenvalue weighted by atomic mass is 10.00. The lowest BCUT2D eigenvalue weighted by Gasteiger charge is -2.32. The van der Waals surface area contributed by atoms with Gasteiger partial charge >= 0.3 is 6.09 Å². The third-order valence-corrected chi connectivity index (χ3v) is 6.63. The summed E-state index contributed by atoms with van der Waals surface area (Å²) in [6.45, 7) is 8.46. The van der Waals surface area contributed by atoms with Gasteiger partial charge in [-0.25, -0.2) is 4.79 Å². The number of piperidine rings is 1. The summed E-state index contributed by atoms with van der Waals surface area (Å²) in [5.74, 6) is 2.22. The van der Waals surface area contributed by atoms with Crippen molar-refractivity contribution in [2.45, 2.75) is 71.8 Å². The van der Waals surface area contributed by atoms with Crippen LogP contribution in [0.3, 0.4) is 0 Å². The molecule has 5 nitrogen and oxygen atoms in total. The molecule has 1 atom stereocenters. The molecule has 4 rings (SSSR count). The molecule has 0 radical (unpaired) electrons. The number of rotatable bonds is 9. The van der Waals surface area contributed by atoms with E-state index >= 15 is 0 Å². The normalized spacial score (nSPS) is 16.1. The molecule has 0 N–H and O–H groups in total. The second-order valence-electron chi connectivity index (χ2n) is 9.22. The second-order valence-corrected chi connectivity index (χ2v) is 9.22. The van der Waals surface area contributed by atoms with Gasteiger partial charge in [0.05, 0.1) is 13.2 Å². The molecule has 1 unspecified atom stereocenters. The minimum absolute atomic E-state index is 0.206. The molecule has 0 saturated carbocycles. The molecule has 1 amide bonds. The lowest BCUT2D eigenvalue weighted by molar-refractivity contribution is 0.118. The molecule has 182 valence electrons. The zero-order chi connectivity index (χ0) is 23.9. The van der Waals surface area contributed by atoms with Crippen LogP contribution in [0, 0.1) is 0 Å². The Labute approximate surface area is 203 Å². The Bertz CT molecular complexity index is 1130. The second kappa shape index (κ2) is 11.5. The number of unbranched alkanes of at least 4 members (excludes halogenated alkanes) is 2. The summed E-state index contributed by atoms with van der Waals surface area (Å²) in [6, 6.07) is 14.2. The SMILES string of the molecule is CCCCOc1c2ccccc2c(OCCCC)c2cc(OC(=O)N3CCCCC3C)ccc12. The van der Waals surface area contributed by atoms with Gasteiger partial charge in [0.25, 0.3) is 0 Å². The first-order valence-electron chi connectivity index (χ1n) is 12.9. The third kappa shape index (κ3) is 5.24. The highest BCUT2D eigenvalue weighted by molar-refractivity contribution is 6.11. The van der Waals surface area contributed by atoms with Crippen molar-refractivity contribution >= 4 is 27.6 Å². The van der Waals surface area contributed by atoms with Crippen LogP contribution in [-0.4, -0.2) is 36.8 Å². The van der Waals surface area contributed by atoms with E-state index in [2.05, 4.69) is 32.9 Å². The molecule has 0 aromatic heterocycles. The Balaban J connectivity index is 1.76. The number of benzene rings is 3. The summed E-state index contributed by atoms with van der Waals surface area (Å²) >= 11 is 0. The van der Waals surface area contributed by atoms with E-state index in [-0.39, 0.29) is 12.1 Å². The van der Waals surface area contributed by atoms with Gasteiger partial charge in [-0.15, -0.1) is 0 Å². The zero-order valence-electron chi connectivity index (χ0n) is 20.8. The number of fused-ring (bicyclic) bond motifs is 2. The van der Waals surface area contributed by atoms with Gasteiger partial charge in [0, 0.05) is 34.1 Å². The number of carbonyl (C=O) groups is 1. The molecular weight excluding hydrogens is 426 g/mol. The highest BCUT2D eigenvalue weighted by atomic mass is 16.6. The van der Waals surface area contributed by atoms with Crippen molar-refractivity contribution in [3.63, 3.8) is 0 Å². The van der Waals surface area contributed by atoms with Crippen LogP contribution in [-0.2, 0) is 0 Å². The molecule has 3 aromatic rings. The molecule has 34 heavy (non-hydrogen) atoms. The summed E-state index contributed by atoms with van der Waals surface area (Å²) in [4.78, 5) is 14.8. The Morgan fingerprint density at radius 2 is 1.50 bits per heavy atom. The van der Waals surface area contributed by atoms with Gasteiger partial charge in [-0.2, -0.15) is 0 Å². The summed E-state index contributed by atoms with van der Waals surface area (Å²) < 4.78 is 18.5. The van der Waals surface area contributed by atoms with Crippen molar-refractivity contribution in [2.75, 3.05) is 19.8 Å². The van der Waals surface area contributed by atoms with Gasteiger partial charge in [0.2, 0.25) is 0 Å². The van der Waals surface area contributed by atoms with Crippen molar-refractivity contribution in [3.8, 4) is 17.2 Å². The highest BCUT2D eigenvalue weighted by Gasteiger charge is 2.25. The van der Waals surface area contributed by atoms with E-state index in [1.54, 1.807) is 0 Å². The van der Waals surface area contributed by atoms with Crippen LogP contribution >= 0.6 is 0 Å². The van der Waals surface area contributed by atoms with Gasteiger partial charge in [-0.3, -0.25) is 0 Å². The molecular formula is C29H37NO4. The first-order chi connectivity index (χ1) is 16.6. The molecule has 1 heterocycles. The summed E-state index contributed by atoms with van der Waals surface area (Å²) in [5, 5.41) is 3.96. The average molecular weight is 464 g/mol. The molecule has 0 bridgehead atoms. The highest BCUT2D eigenvalue weighted by Crippen LogP contribution is 2.44. The Hall–Kier alpha value is -2.95. The van der Waals surface area contributed by atoms with Gasteiger partial charge in [-0.1, -0.05) is 51.0 Å². The molecule has 0 aliphatic carbocycles. The number of ether oxygens (including phenoxy) is 3. The fourth-order valence-corrected chi connectivity index (χ4v) is 4.62. The molecule has 5 heteroatoms. The third-order valence-electron chi connectivity index (χ3n) is 6.63. The molecule has 1 aliphatic heterocycles. The van der Waals surface area contributed by atoms with E-state index in [1.807, 2.05) is 35.2 Å². The fourth-order valence-electron chi connectivity index (χ4n) is 4.62. The van der Waals surface area contributed by atoms with Crippen molar-refractivity contribution in [1.82, 2.24) is 4.90 Å². The van der Waals surface area contributed by atoms with Crippen molar-refractivity contribution < 1.29 is 19.0 Å². The van der Waals surface area contributed by atoms with Crippen molar-refractivity contribution in [3.05, 3.63) is 42.5 Å². The molecule has 3 aromatic carbocycles. The molecule has 1 saturated heterocycles. The Kier molecular flexibility index (Phi) is 8.15. The predicted molar refractivity (Wildman–Crippen MR) is 138 cm³/mol. The van der Waals surface area contributed by atoms with E-state index in [0.29, 0.717) is 19.0 Å². The minimum Gasteiger partial charge on any atom is -0.492 e. The maximum absolute atomic E-state index is 12.9. The van der Waals surface area contributed by atoms with E-state index in [9.17, 15) is 4.79 Å². The summed E-state index contributed by atoms with van der Waals surface area (Å²) in [7, 11) is 0. The maximum atomic E-state index is 12.9. The van der Waals surface area contributed by atoms with Gasteiger partial charge in [0.15, 0.2) is 0 Å². The average Bonchev–Trinajstić information content (AvgIpc) is 2.85. The number of amides is 1. The summed E-state index contributed by atoms with van der Waals surface area (Å²) in [5.41, 5.74) is 0. The number of hydrogen-bond donors (Lipinski definition) is 0. The number of hydrogen-bond acceptors (Lipinski definition) is 4. The smallest absolute Gasteiger partial charge is 0.415 e. The van der Waals surface area contributed by atoms with Gasteiger partial charge < -0.3 is 19.1 Å². The fraction of sp³-hybridized carbons (Fsp3) is 0.483. The van der Waals surface area contributed by atoms with Crippen molar-refractivity contribution in [1.29, 1.82) is 0 Å². The van der Waals surface area contributed by atoms with Crippen LogP contribution in [0.1, 0.15) is 65.7 Å². The van der Waals surface area contributed by atoms with Crippen molar-refractivity contribution in [2.24, 2.45) is 0 Å². The van der Waals surface area contributed by atoms with E-state index < -0.39 is 0 Å². The quantitative estimate of drug-likeness (QED) is 0.241. The zero-order valence-corrected chi connectivity index (χ0v) is 20.8. The Morgan fingerprint density at radius 1 is 0.882 bits per heavy atom. The number of nitrogens with zero attached hydrogens (tertiary/aromatic N) is 1. The largest absolute Gasteiger partial charge is 0.492 e. The lowest BCUT2D eigenvalue weighted by Crippen LogP contribution is -2.43. The molecule has 1 fully saturated rings. The first kappa shape index (κ1) is 24.2. The minimum atomic E-state index is -0.278. The topological polar surface area (TPSA) is 48.0 Å². The Morgan fingerprint density at radius 3 is 2.12 bits per heavy atom. The number of likely N-dealkylation sites (tertiary alicyclic amines) is 1. The van der Waals surface area contributed by atoms with Crippen LogP contribution in [0.25, 0.3) is 21.5 Å². The maximum Gasteiger partial charge on any atom is 0.415 e. The number of carbonyl (C=O) groups excluding carboxylic acids is 1.